The number of carboxylic acid groups (broad SMARTS) is 2. The number of halogens is 1. The molecule has 0 spiro atoms. The zero-order chi connectivity index (χ0) is 23.1. The number of hydrogen-bond acceptors (Lipinski definition) is 6. The van der Waals surface area contributed by atoms with Gasteiger partial charge in [-0.05, 0) is 56.1 Å². The Kier molecular flexibility index (Phi) is 12.3. The van der Waals surface area contributed by atoms with Gasteiger partial charge in [0.2, 0.25) is 0 Å². The van der Waals surface area contributed by atoms with Crippen LogP contribution in [-0.2, 0) is 9.59 Å². The molecule has 0 bridgehead atoms. The molecule has 0 fully saturated rings. The van der Waals surface area contributed by atoms with Gasteiger partial charge in [-0.3, -0.25) is 0 Å². The van der Waals surface area contributed by atoms with Crippen molar-refractivity contribution in [3.05, 3.63) is 59.9 Å². The Morgan fingerprint density at radius 3 is 2.10 bits per heavy atom. The van der Waals surface area contributed by atoms with Crippen LogP contribution in [0.25, 0.3) is 0 Å². The summed E-state index contributed by atoms with van der Waals surface area (Å²) >= 11 is 0. The minimum Gasteiger partial charge on any atom is -0.490 e. The van der Waals surface area contributed by atoms with E-state index in [2.05, 4.69) is 5.32 Å². The van der Waals surface area contributed by atoms with Gasteiger partial charge in [-0.1, -0.05) is 24.3 Å². The molecule has 31 heavy (non-hydrogen) atoms. The summed E-state index contributed by atoms with van der Waals surface area (Å²) in [6.45, 7) is 4.60. The van der Waals surface area contributed by atoms with Gasteiger partial charge in [0, 0.05) is 6.54 Å². The Hall–Kier alpha value is -3.17. The molecule has 0 aromatic heterocycles. The predicted octanol–water partition coefficient (Wildman–Crippen LogP) is 2.86. The van der Waals surface area contributed by atoms with Crippen LogP contribution < -0.4 is 14.8 Å². The average molecular weight is 437 g/mol. The molecule has 0 saturated heterocycles. The number of rotatable bonds is 11. The van der Waals surface area contributed by atoms with Gasteiger partial charge >= 0.3 is 11.9 Å². The van der Waals surface area contributed by atoms with Crippen LogP contribution in [0, 0.1) is 5.82 Å². The van der Waals surface area contributed by atoms with Crippen molar-refractivity contribution in [2.24, 2.45) is 0 Å². The second-order valence-corrected chi connectivity index (χ2v) is 6.30. The number of hydrogen-bond donors (Lipinski definition) is 4. The maximum Gasteiger partial charge on any atom is 0.414 e. The van der Waals surface area contributed by atoms with Crippen molar-refractivity contribution < 1.29 is 38.8 Å². The van der Waals surface area contributed by atoms with Crippen molar-refractivity contribution in [3.63, 3.8) is 0 Å². The first-order valence-corrected chi connectivity index (χ1v) is 9.80. The van der Waals surface area contributed by atoms with Crippen molar-refractivity contribution in [2.75, 3.05) is 26.3 Å². The van der Waals surface area contributed by atoms with Crippen LogP contribution in [0.4, 0.5) is 4.39 Å². The summed E-state index contributed by atoms with van der Waals surface area (Å²) in [4.78, 5) is 18.2. The highest BCUT2D eigenvalue weighted by Crippen LogP contribution is 2.26. The van der Waals surface area contributed by atoms with Crippen LogP contribution in [0.2, 0.25) is 0 Å². The number of aliphatic hydroxyl groups excluding tert-OH is 1. The molecule has 0 radical (unpaired) electrons. The van der Waals surface area contributed by atoms with Gasteiger partial charge in [-0.15, -0.1) is 0 Å². The van der Waals surface area contributed by atoms with E-state index in [1.165, 1.54) is 12.1 Å². The van der Waals surface area contributed by atoms with Crippen LogP contribution in [0.1, 0.15) is 31.4 Å². The third-order valence-electron chi connectivity index (χ3n) is 3.95. The van der Waals surface area contributed by atoms with Gasteiger partial charge in [-0.2, -0.15) is 0 Å². The summed E-state index contributed by atoms with van der Waals surface area (Å²) in [6.07, 6.45) is 0.900. The number of carboxylic acids is 2. The molecule has 0 heterocycles. The second kappa shape index (κ2) is 14.8. The number of carbonyl (C=O) groups is 2. The van der Waals surface area contributed by atoms with Gasteiger partial charge < -0.3 is 30.1 Å². The zero-order valence-electron chi connectivity index (χ0n) is 17.3. The number of aliphatic carboxylic acids is 2. The van der Waals surface area contributed by atoms with E-state index >= 15 is 0 Å². The summed E-state index contributed by atoms with van der Waals surface area (Å²) in [5.41, 5.74) is 0.747. The molecule has 0 amide bonds. The minimum atomic E-state index is -1.82. The first-order chi connectivity index (χ1) is 14.8. The molecule has 0 aliphatic heterocycles. The topological polar surface area (TPSA) is 125 Å². The molecule has 0 aliphatic carbocycles. The lowest BCUT2D eigenvalue weighted by Crippen LogP contribution is -2.22. The molecule has 170 valence electrons. The monoisotopic (exact) mass is 437 g/mol. The number of aliphatic hydroxyl groups is 1. The van der Waals surface area contributed by atoms with Gasteiger partial charge in [-0.25, -0.2) is 14.0 Å². The number of nitrogens with one attached hydrogen (secondary N) is 1. The van der Waals surface area contributed by atoms with Crippen molar-refractivity contribution in [2.45, 2.75) is 25.9 Å². The van der Waals surface area contributed by atoms with E-state index in [0.29, 0.717) is 26.2 Å². The fourth-order valence-corrected chi connectivity index (χ4v) is 2.47. The highest BCUT2D eigenvalue weighted by atomic mass is 19.1. The first-order valence-electron chi connectivity index (χ1n) is 9.80. The molecule has 0 saturated carbocycles. The van der Waals surface area contributed by atoms with E-state index < -0.39 is 18.0 Å². The van der Waals surface area contributed by atoms with E-state index in [9.17, 15) is 9.50 Å². The standard InChI is InChI=1S/C20H26FNO3.C2H2O4/c1-2-24-19-7-3-4-8-20(19)25-15-14-22-13-5-6-18(23)16-9-11-17(21)12-10-16;3-1(4)2(5)6/h3-4,7-12,18,22-23H,2,5-6,13-15H2,1H3;(H,3,4)(H,5,6). The lowest BCUT2D eigenvalue weighted by molar-refractivity contribution is -0.159. The summed E-state index contributed by atoms with van der Waals surface area (Å²) in [7, 11) is 0. The Morgan fingerprint density at radius 2 is 1.55 bits per heavy atom. The zero-order valence-corrected chi connectivity index (χ0v) is 17.3. The molecular formula is C22H28FNO7. The summed E-state index contributed by atoms with van der Waals surface area (Å²) < 4.78 is 24.1. The van der Waals surface area contributed by atoms with Crippen molar-refractivity contribution >= 4 is 11.9 Å². The molecule has 1 atom stereocenters. The van der Waals surface area contributed by atoms with Crippen LogP contribution in [0.3, 0.4) is 0 Å². The van der Waals surface area contributed by atoms with Gasteiger partial charge in [0.05, 0.1) is 12.7 Å². The van der Waals surface area contributed by atoms with E-state index in [1.807, 2.05) is 31.2 Å². The number of ether oxygens (including phenoxy) is 2. The molecule has 9 heteroatoms. The smallest absolute Gasteiger partial charge is 0.414 e. The van der Waals surface area contributed by atoms with Crippen molar-refractivity contribution in [1.82, 2.24) is 5.32 Å². The van der Waals surface area contributed by atoms with Crippen LogP contribution in [0.5, 0.6) is 11.5 Å². The molecule has 2 aromatic rings. The minimum absolute atomic E-state index is 0.288. The normalized spacial score (nSPS) is 11.1. The number of para-hydroxylation sites is 2. The van der Waals surface area contributed by atoms with Gasteiger partial charge in [0.25, 0.3) is 0 Å². The molecule has 0 aliphatic rings. The fraction of sp³-hybridized carbons (Fsp3) is 0.364. The molecule has 1 unspecified atom stereocenters. The highest BCUT2D eigenvalue weighted by Gasteiger charge is 2.07. The van der Waals surface area contributed by atoms with Crippen LogP contribution >= 0.6 is 0 Å². The Morgan fingerprint density at radius 1 is 0.968 bits per heavy atom. The summed E-state index contributed by atoms with van der Waals surface area (Å²) in [6, 6.07) is 13.6. The molecule has 4 N–H and O–H groups in total. The largest absolute Gasteiger partial charge is 0.490 e. The Bertz CT molecular complexity index is 787. The molecule has 2 rings (SSSR count). The molecule has 8 nitrogen and oxygen atoms in total. The third kappa shape index (κ3) is 11.0. The number of benzene rings is 2. The fourth-order valence-electron chi connectivity index (χ4n) is 2.47. The van der Waals surface area contributed by atoms with E-state index in [0.717, 1.165) is 30.0 Å². The van der Waals surface area contributed by atoms with E-state index in [1.54, 1.807) is 12.1 Å². The maximum absolute atomic E-state index is 12.9. The van der Waals surface area contributed by atoms with Crippen LogP contribution in [0.15, 0.2) is 48.5 Å². The maximum atomic E-state index is 12.9. The van der Waals surface area contributed by atoms with Gasteiger partial charge in [0.15, 0.2) is 11.5 Å². The SMILES string of the molecule is CCOc1ccccc1OCCNCCCC(O)c1ccc(F)cc1.O=C(O)C(=O)O. The summed E-state index contributed by atoms with van der Waals surface area (Å²) in [5.74, 6) is -2.43. The first kappa shape index (κ1) is 25.9. The lowest BCUT2D eigenvalue weighted by Gasteiger charge is -2.13. The highest BCUT2D eigenvalue weighted by molar-refractivity contribution is 6.27. The van der Waals surface area contributed by atoms with Crippen molar-refractivity contribution in [3.8, 4) is 11.5 Å². The molecular weight excluding hydrogens is 409 g/mol. The Balaban J connectivity index is 0.000000703. The van der Waals surface area contributed by atoms with Crippen LogP contribution in [-0.4, -0.2) is 53.6 Å². The third-order valence-corrected chi connectivity index (χ3v) is 3.95. The quantitative estimate of drug-likeness (QED) is 0.312. The van der Waals surface area contributed by atoms with E-state index in [4.69, 9.17) is 29.3 Å². The second-order valence-electron chi connectivity index (χ2n) is 6.30. The summed E-state index contributed by atoms with van der Waals surface area (Å²) in [5, 5.41) is 28.1. The lowest BCUT2D eigenvalue weighted by atomic mass is 10.1. The van der Waals surface area contributed by atoms with E-state index in [-0.39, 0.29) is 5.82 Å². The predicted molar refractivity (Wildman–Crippen MR) is 112 cm³/mol. The average Bonchev–Trinajstić information content (AvgIpc) is 2.75. The Labute approximate surface area is 180 Å². The molecule has 2 aromatic carbocycles. The van der Waals surface area contributed by atoms with Crippen molar-refractivity contribution in [1.29, 1.82) is 0 Å². The van der Waals surface area contributed by atoms with Gasteiger partial charge in [0.1, 0.15) is 12.4 Å².